The Morgan fingerprint density at radius 3 is 2.48 bits per heavy atom. The van der Waals surface area contributed by atoms with E-state index >= 15 is 0 Å². The van der Waals surface area contributed by atoms with Crippen LogP contribution in [0.1, 0.15) is 65.7 Å². The molecular weight excluding hydrogens is 572 g/mol. The Balaban J connectivity index is 1.10. The second-order valence-electron chi connectivity index (χ2n) is 15.2. The molecule has 17 atom stereocenters. The van der Waals surface area contributed by atoms with Crippen LogP contribution in [0.3, 0.4) is 0 Å². The van der Waals surface area contributed by atoms with E-state index in [2.05, 4.69) is 26.5 Å². The summed E-state index contributed by atoms with van der Waals surface area (Å²) < 4.78 is 17.5. The van der Waals surface area contributed by atoms with Gasteiger partial charge in [-0.1, -0.05) is 44.6 Å². The summed E-state index contributed by atoms with van der Waals surface area (Å²) >= 11 is 0. The van der Waals surface area contributed by atoms with Crippen LogP contribution in [0.15, 0.2) is 23.8 Å². The van der Waals surface area contributed by atoms with Gasteiger partial charge in [-0.25, -0.2) is 0 Å². The quantitative estimate of drug-likeness (QED) is 0.183. The fourth-order valence-electron chi connectivity index (χ4n) is 10.6. The summed E-state index contributed by atoms with van der Waals surface area (Å²) in [4.78, 5) is 0. The first-order valence-electron chi connectivity index (χ1n) is 16.4. The zero-order valence-corrected chi connectivity index (χ0v) is 26.0. The topological polar surface area (TPSA) is 190 Å². The predicted octanol–water partition coefficient (Wildman–Crippen LogP) is 0.354. The molecule has 4 aliphatic carbocycles. The summed E-state index contributed by atoms with van der Waals surface area (Å²) in [7, 11) is 0. The van der Waals surface area contributed by atoms with Crippen molar-refractivity contribution in [3.63, 3.8) is 0 Å². The van der Waals surface area contributed by atoms with E-state index < -0.39 is 66.8 Å². The molecule has 0 spiro atoms. The smallest absolute Gasteiger partial charge is 0.187 e. The van der Waals surface area contributed by atoms with Crippen molar-refractivity contribution in [1.82, 2.24) is 0 Å². The second kappa shape index (κ2) is 11.6. The zero-order valence-electron chi connectivity index (χ0n) is 26.0. The van der Waals surface area contributed by atoms with E-state index in [0.717, 1.165) is 18.4 Å². The third-order valence-corrected chi connectivity index (χ3v) is 12.9. The minimum absolute atomic E-state index is 0.0216. The van der Waals surface area contributed by atoms with Gasteiger partial charge in [0.1, 0.15) is 24.4 Å². The third-order valence-electron chi connectivity index (χ3n) is 12.9. The molecule has 3 saturated carbocycles. The molecule has 11 heteroatoms. The van der Waals surface area contributed by atoms with Gasteiger partial charge in [0.15, 0.2) is 12.1 Å². The minimum Gasteiger partial charge on any atom is -0.394 e. The first-order valence-corrected chi connectivity index (χ1v) is 16.4. The summed E-state index contributed by atoms with van der Waals surface area (Å²) in [5.74, 6) is -1.19. The fourth-order valence-corrected chi connectivity index (χ4v) is 10.6. The number of hydrogen-bond acceptors (Lipinski definition) is 11. The van der Waals surface area contributed by atoms with Gasteiger partial charge in [-0.05, 0) is 61.2 Å². The lowest BCUT2D eigenvalue weighted by Crippen LogP contribution is -2.60. The number of allylic oxidation sites excluding steroid dienone is 1. The van der Waals surface area contributed by atoms with E-state index in [-0.39, 0.29) is 54.1 Å². The molecule has 11 nitrogen and oxygen atoms in total. The Bertz CT molecular complexity index is 1130. The molecule has 250 valence electrons. The molecule has 5 fully saturated rings. The van der Waals surface area contributed by atoms with Gasteiger partial charge in [-0.2, -0.15) is 0 Å². The average molecular weight is 625 g/mol. The third kappa shape index (κ3) is 4.97. The molecule has 0 bridgehead atoms. The highest BCUT2D eigenvalue weighted by Crippen LogP contribution is 2.70. The summed E-state index contributed by atoms with van der Waals surface area (Å²) in [6.45, 7) is 9.81. The molecule has 0 radical (unpaired) electrons. The van der Waals surface area contributed by atoms with Crippen molar-refractivity contribution in [2.24, 2.45) is 40.4 Å². The molecule has 0 amide bonds. The lowest BCUT2D eigenvalue weighted by atomic mass is 9.45. The van der Waals surface area contributed by atoms with Gasteiger partial charge in [0.25, 0.3) is 0 Å². The molecule has 2 saturated heterocycles. The summed E-state index contributed by atoms with van der Waals surface area (Å²) in [5.41, 5.74) is 0.878. The number of ether oxygens (including phenoxy) is 3. The molecule has 44 heavy (non-hydrogen) atoms. The Morgan fingerprint density at radius 1 is 1.05 bits per heavy atom. The average Bonchev–Trinajstić information content (AvgIpc) is 3.39. The molecule has 0 aromatic carbocycles. The molecule has 0 aromatic rings. The van der Waals surface area contributed by atoms with Crippen LogP contribution in [0.2, 0.25) is 0 Å². The number of aliphatic hydroxyl groups is 8. The van der Waals surface area contributed by atoms with E-state index in [1.54, 1.807) is 0 Å². The molecule has 0 aromatic heterocycles. The van der Waals surface area contributed by atoms with Gasteiger partial charge < -0.3 is 55.1 Å². The largest absolute Gasteiger partial charge is 0.394 e. The highest BCUT2D eigenvalue weighted by atomic mass is 16.7. The first-order chi connectivity index (χ1) is 20.7. The maximum absolute atomic E-state index is 11.8. The van der Waals surface area contributed by atoms with Crippen LogP contribution in [0, 0.1) is 40.4 Å². The SMILES string of the molecule is C=C(CC[C@@]1(O)O[C@H]2C[C@H]3[C@@H]4CC=C5C[C@@H](O)C[C@@H](O)[C@]5(C)[C@H]4[C@H](O)C[C@]3(C)[C@H]2[C@@H]1C)CO[C@@H]1O[C@H](CO)[C@@H](O)[C@H](O)[C@H]1O. The van der Waals surface area contributed by atoms with Crippen LogP contribution >= 0.6 is 0 Å². The Hall–Kier alpha value is -0.960. The van der Waals surface area contributed by atoms with Crippen molar-refractivity contribution in [2.45, 2.75) is 127 Å². The summed E-state index contributed by atoms with van der Waals surface area (Å²) in [6.07, 6.45) is -2.95. The van der Waals surface area contributed by atoms with Gasteiger partial charge in [-0.3, -0.25) is 0 Å². The van der Waals surface area contributed by atoms with Crippen molar-refractivity contribution in [3.8, 4) is 0 Å². The Morgan fingerprint density at radius 2 is 1.77 bits per heavy atom. The monoisotopic (exact) mass is 624 g/mol. The second-order valence-corrected chi connectivity index (χ2v) is 15.2. The van der Waals surface area contributed by atoms with Gasteiger partial charge in [0.05, 0.1) is 37.6 Å². The fraction of sp³-hybridized carbons (Fsp3) is 0.879. The van der Waals surface area contributed by atoms with Crippen LogP contribution in [-0.4, -0.2) is 115 Å². The molecule has 6 rings (SSSR count). The maximum atomic E-state index is 11.8. The molecule has 0 unspecified atom stereocenters. The minimum atomic E-state index is -1.53. The van der Waals surface area contributed by atoms with Crippen LogP contribution in [0.4, 0.5) is 0 Å². The number of fused-ring (bicyclic) bond motifs is 7. The predicted molar refractivity (Wildman–Crippen MR) is 156 cm³/mol. The van der Waals surface area contributed by atoms with Gasteiger partial charge in [-0.15, -0.1) is 0 Å². The molecular formula is C33H52O11. The maximum Gasteiger partial charge on any atom is 0.187 e. The van der Waals surface area contributed by atoms with E-state index in [4.69, 9.17) is 14.2 Å². The van der Waals surface area contributed by atoms with Crippen molar-refractivity contribution < 1.29 is 55.1 Å². The standard InChI is InChI=1S/C33H52O11/c1-15(14-42-30-29(40)28(39)27(38)23(13-34)43-30)7-8-33(41)16(2)25-22(44-33)11-20-19-6-5-17-9-18(35)10-24(37)32(17,4)26(19)21(36)12-31(20,25)3/h5,16,18-30,34-41H,1,6-14H2,2-4H3/t16-,18+,19-,20-,21+,22-,23+,24+,25-,26+,27+,28-,29+,30+,31-,32+,33+/m0/s1. The first kappa shape index (κ1) is 33.0. The van der Waals surface area contributed by atoms with Crippen LogP contribution in [0.5, 0.6) is 0 Å². The van der Waals surface area contributed by atoms with Crippen molar-refractivity contribution >= 4 is 0 Å². The number of rotatable bonds is 7. The van der Waals surface area contributed by atoms with Crippen molar-refractivity contribution in [3.05, 3.63) is 23.8 Å². The zero-order chi connectivity index (χ0) is 31.9. The van der Waals surface area contributed by atoms with Gasteiger partial charge in [0.2, 0.25) is 0 Å². The highest BCUT2D eigenvalue weighted by Gasteiger charge is 2.70. The summed E-state index contributed by atoms with van der Waals surface area (Å²) in [5, 5.41) is 84.7. The molecule has 8 N–H and O–H groups in total. The van der Waals surface area contributed by atoms with E-state index in [1.165, 1.54) is 0 Å². The van der Waals surface area contributed by atoms with Crippen molar-refractivity contribution in [1.29, 1.82) is 0 Å². The van der Waals surface area contributed by atoms with E-state index in [0.29, 0.717) is 31.3 Å². The molecule has 2 aliphatic heterocycles. The summed E-state index contributed by atoms with van der Waals surface area (Å²) in [6, 6.07) is 0. The van der Waals surface area contributed by atoms with Crippen LogP contribution in [-0.2, 0) is 14.2 Å². The lowest BCUT2D eigenvalue weighted by Gasteiger charge is -2.61. The highest BCUT2D eigenvalue weighted by molar-refractivity contribution is 5.29. The number of aliphatic hydroxyl groups excluding tert-OH is 7. The van der Waals surface area contributed by atoms with Gasteiger partial charge in [0, 0.05) is 24.2 Å². The van der Waals surface area contributed by atoms with Crippen LogP contribution < -0.4 is 0 Å². The Kier molecular flexibility index (Phi) is 8.71. The number of hydrogen-bond donors (Lipinski definition) is 8. The van der Waals surface area contributed by atoms with Crippen LogP contribution in [0.25, 0.3) is 0 Å². The molecule has 6 aliphatic rings. The lowest BCUT2D eigenvalue weighted by molar-refractivity contribution is -0.299. The van der Waals surface area contributed by atoms with Gasteiger partial charge >= 0.3 is 0 Å². The Labute approximate surface area is 259 Å². The van der Waals surface area contributed by atoms with E-state index in [9.17, 15) is 40.9 Å². The van der Waals surface area contributed by atoms with E-state index in [1.807, 2.05) is 6.92 Å². The molecule has 2 heterocycles. The normalized spacial score (nSPS) is 55.0. The van der Waals surface area contributed by atoms with Crippen molar-refractivity contribution in [2.75, 3.05) is 13.2 Å².